The van der Waals surface area contributed by atoms with E-state index in [1.54, 1.807) is 0 Å². The van der Waals surface area contributed by atoms with Crippen LogP contribution < -0.4 is 10.6 Å². The van der Waals surface area contributed by atoms with Crippen LogP contribution in [-0.4, -0.2) is 49.6 Å². The van der Waals surface area contributed by atoms with Gasteiger partial charge in [0.15, 0.2) is 0 Å². The zero-order valence-corrected chi connectivity index (χ0v) is 11.7. The van der Waals surface area contributed by atoms with Gasteiger partial charge in [-0.15, -0.1) is 0 Å². The van der Waals surface area contributed by atoms with Crippen molar-refractivity contribution in [1.82, 2.24) is 15.5 Å². The minimum Gasteiger partial charge on any atom is -0.355 e. The second-order valence-electron chi connectivity index (χ2n) is 5.95. The van der Waals surface area contributed by atoms with Crippen molar-refractivity contribution in [3.63, 3.8) is 0 Å². The summed E-state index contributed by atoms with van der Waals surface area (Å²) in [6.07, 6.45) is 5.60. The van der Waals surface area contributed by atoms with Crippen LogP contribution in [0, 0.1) is 5.92 Å². The molecule has 1 aliphatic heterocycles. The molecule has 1 saturated carbocycles. The Kier molecular flexibility index (Phi) is 5.01. The van der Waals surface area contributed by atoms with Gasteiger partial charge in [-0.25, -0.2) is 0 Å². The van der Waals surface area contributed by atoms with Crippen LogP contribution in [0.3, 0.4) is 0 Å². The monoisotopic (exact) mass is 253 g/mol. The number of nitrogens with one attached hydrogen (secondary N) is 2. The molecule has 2 rings (SSSR count). The van der Waals surface area contributed by atoms with Crippen molar-refractivity contribution in [3.05, 3.63) is 0 Å². The highest BCUT2D eigenvalue weighted by Gasteiger charge is 2.29. The van der Waals surface area contributed by atoms with Crippen molar-refractivity contribution in [1.29, 1.82) is 0 Å². The van der Waals surface area contributed by atoms with Gasteiger partial charge in [-0.2, -0.15) is 0 Å². The first-order chi connectivity index (χ1) is 8.66. The molecule has 2 N–H and O–H groups in total. The molecule has 4 nitrogen and oxygen atoms in total. The molecule has 1 heterocycles. The van der Waals surface area contributed by atoms with E-state index in [4.69, 9.17) is 0 Å². The Morgan fingerprint density at radius 1 is 1.44 bits per heavy atom. The molecule has 0 bridgehead atoms. The first kappa shape index (κ1) is 13.8. The maximum absolute atomic E-state index is 11.8. The minimum absolute atomic E-state index is 0.220. The van der Waals surface area contributed by atoms with E-state index < -0.39 is 0 Å². The van der Waals surface area contributed by atoms with E-state index in [1.165, 1.54) is 19.3 Å². The topological polar surface area (TPSA) is 44.4 Å². The van der Waals surface area contributed by atoms with Crippen molar-refractivity contribution in [3.8, 4) is 0 Å². The van der Waals surface area contributed by atoms with Gasteiger partial charge < -0.3 is 10.6 Å². The molecule has 0 aromatic heterocycles. The van der Waals surface area contributed by atoms with Crippen LogP contribution in [0.25, 0.3) is 0 Å². The van der Waals surface area contributed by atoms with E-state index in [0.29, 0.717) is 18.4 Å². The second kappa shape index (κ2) is 6.53. The third kappa shape index (κ3) is 4.25. The fraction of sp³-hybridized carbons (Fsp3) is 0.929. The molecule has 4 heteroatoms. The Bertz CT molecular complexity index is 272. The van der Waals surface area contributed by atoms with Gasteiger partial charge in [-0.1, -0.05) is 0 Å². The lowest BCUT2D eigenvalue weighted by molar-refractivity contribution is -0.121. The average Bonchev–Trinajstić information content (AvgIpc) is 3.09. The van der Waals surface area contributed by atoms with Gasteiger partial charge in [0.05, 0.1) is 0 Å². The minimum atomic E-state index is 0.220. The van der Waals surface area contributed by atoms with Crippen LogP contribution in [0.1, 0.15) is 39.0 Å². The molecule has 2 fully saturated rings. The lowest BCUT2D eigenvalue weighted by Crippen LogP contribution is -2.41. The molecule has 0 radical (unpaired) electrons. The molecule has 1 saturated heterocycles. The van der Waals surface area contributed by atoms with Crippen molar-refractivity contribution in [2.45, 2.75) is 51.1 Å². The molecule has 1 aliphatic carbocycles. The van der Waals surface area contributed by atoms with Gasteiger partial charge in [0.2, 0.25) is 5.91 Å². The third-order valence-electron chi connectivity index (χ3n) is 4.35. The summed E-state index contributed by atoms with van der Waals surface area (Å²) >= 11 is 0. The predicted octanol–water partition coefficient (Wildman–Crippen LogP) is 0.975. The number of nitrogens with zero attached hydrogens (tertiary/aromatic N) is 1. The zero-order valence-electron chi connectivity index (χ0n) is 11.7. The summed E-state index contributed by atoms with van der Waals surface area (Å²) < 4.78 is 0. The Balaban J connectivity index is 1.55. The second-order valence-corrected chi connectivity index (χ2v) is 5.95. The quantitative estimate of drug-likeness (QED) is 0.711. The number of rotatable bonds is 7. The molecule has 1 amide bonds. The van der Waals surface area contributed by atoms with Gasteiger partial charge in [0, 0.05) is 25.0 Å². The van der Waals surface area contributed by atoms with E-state index in [1.807, 2.05) is 0 Å². The molecule has 0 aromatic rings. The average molecular weight is 253 g/mol. The Morgan fingerprint density at radius 2 is 2.22 bits per heavy atom. The summed E-state index contributed by atoms with van der Waals surface area (Å²) in [5, 5.41) is 6.41. The van der Waals surface area contributed by atoms with Crippen molar-refractivity contribution >= 4 is 5.91 Å². The summed E-state index contributed by atoms with van der Waals surface area (Å²) in [7, 11) is 2.17. The van der Waals surface area contributed by atoms with Gasteiger partial charge >= 0.3 is 0 Å². The fourth-order valence-electron chi connectivity index (χ4n) is 2.63. The molecule has 0 spiro atoms. The van der Waals surface area contributed by atoms with Gasteiger partial charge in [-0.3, -0.25) is 9.69 Å². The largest absolute Gasteiger partial charge is 0.355 e. The van der Waals surface area contributed by atoms with Crippen LogP contribution in [-0.2, 0) is 4.79 Å². The van der Waals surface area contributed by atoms with Crippen molar-refractivity contribution < 1.29 is 4.79 Å². The maximum atomic E-state index is 11.8. The van der Waals surface area contributed by atoms with Crippen molar-refractivity contribution in [2.24, 2.45) is 5.92 Å². The molecule has 104 valence electrons. The predicted molar refractivity (Wildman–Crippen MR) is 73.5 cm³/mol. The Hall–Kier alpha value is -0.610. The van der Waals surface area contributed by atoms with E-state index in [9.17, 15) is 4.79 Å². The van der Waals surface area contributed by atoms with Crippen LogP contribution in [0.5, 0.6) is 0 Å². The summed E-state index contributed by atoms with van der Waals surface area (Å²) in [5.41, 5.74) is 0. The lowest BCUT2D eigenvalue weighted by atomic mass is 10.0. The van der Waals surface area contributed by atoms with E-state index in [-0.39, 0.29) is 5.91 Å². The molecule has 2 aliphatic rings. The standard InChI is InChI=1S/C14H27N3O/c1-11(17(2)13-4-5-13)9-16-14(18)6-3-12-7-8-15-10-12/h11-13,15H,3-10H2,1-2H3,(H,16,18). The Morgan fingerprint density at radius 3 is 2.83 bits per heavy atom. The van der Waals surface area contributed by atoms with Crippen LogP contribution in [0.2, 0.25) is 0 Å². The smallest absolute Gasteiger partial charge is 0.220 e. The number of amides is 1. The van der Waals surface area contributed by atoms with Crippen LogP contribution in [0.4, 0.5) is 0 Å². The van der Waals surface area contributed by atoms with E-state index >= 15 is 0 Å². The van der Waals surface area contributed by atoms with Gasteiger partial charge in [-0.05, 0) is 58.7 Å². The number of likely N-dealkylation sites (N-methyl/N-ethyl adjacent to an activating group) is 1. The van der Waals surface area contributed by atoms with Crippen LogP contribution >= 0.6 is 0 Å². The molecule has 2 unspecified atom stereocenters. The van der Waals surface area contributed by atoms with Crippen LogP contribution in [0.15, 0.2) is 0 Å². The van der Waals surface area contributed by atoms with Crippen molar-refractivity contribution in [2.75, 3.05) is 26.7 Å². The van der Waals surface area contributed by atoms with Gasteiger partial charge in [0.1, 0.15) is 0 Å². The zero-order chi connectivity index (χ0) is 13.0. The first-order valence-electron chi connectivity index (χ1n) is 7.36. The summed E-state index contributed by atoms with van der Waals surface area (Å²) in [4.78, 5) is 14.2. The fourth-order valence-corrected chi connectivity index (χ4v) is 2.63. The number of hydrogen-bond acceptors (Lipinski definition) is 3. The highest BCUT2D eigenvalue weighted by Crippen LogP contribution is 2.26. The Labute approximate surface area is 110 Å². The number of carbonyl (C=O) groups is 1. The highest BCUT2D eigenvalue weighted by molar-refractivity contribution is 5.75. The lowest BCUT2D eigenvalue weighted by Gasteiger charge is -2.24. The highest BCUT2D eigenvalue weighted by atomic mass is 16.1. The SMILES string of the molecule is CC(CNC(=O)CCC1CCNC1)N(C)C1CC1. The number of hydrogen-bond donors (Lipinski definition) is 2. The van der Waals surface area contributed by atoms with E-state index in [2.05, 4.69) is 29.5 Å². The first-order valence-corrected chi connectivity index (χ1v) is 7.36. The number of carbonyl (C=O) groups excluding carboxylic acids is 1. The normalized spacial score (nSPS) is 25.4. The molecule has 18 heavy (non-hydrogen) atoms. The summed E-state index contributed by atoms with van der Waals surface area (Å²) in [5.74, 6) is 0.931. The maximum Gasteiger partial charge on any atom is 0.220 e. The molecular formula is C14H27N3O. The molecular weight excluding hydrogens is 226 g/mol. The molecule has 0 aromatic carbocycles. The summed E-state index contributed by atoms with van der Waals surface area (Å²) in [6.45, 7) is 5.19. The van der Waals surface area contributed by atoms with E-state index in [0.717, 1.165) is 32.1 Å². The molecule has 2 atom stereocenters. The third-order valence-corrected chi connectivity index (χ3v) is 4.35. The summed E-state index contributed by atoms with van der Waals surface area (Å²) in [6, 6.07) is 1.22. The van der Waals surface area contributed by atoms with Gasteiger partial charge in [0.25, 0.3) is 0 Å².